The van der Waals surface area contributed by atoms with E-state index in [1.165, 1.54) is 11.8 Å². The molecule has 1 aromatic carbocycles. The molecule has 26 heavy (non-hydrogen) atoms. The largest absolute Gasteiger partial charge is 0.496 e. The summed E-state index contributed by atoms with van der Waals surface area (Å²) in [5, 5.41) is 0.693. The van der Waals surface area contributed by atoms with Gasteiger partial charge in [0, 0.05) is 25.4 Å². The molecule has 2 heterocycles. The van der Waals surface area contributed by atoms with Gasteiger partial charge in [0.1, 0.15) is 11.3 Å². The average Bonchev–Trinajstić information content (AvgIpc) is 3.10. The minimum atomic E-state index is -0.473. The predicted octanol–water partition coefficient (Wildman–Crippen LogP) is 3.98. The Hall–Kier alpha value is -3.15. The Labute approximate surface area is 151 Å². The van der Waals surface area contributed by atoms with Gasteiger partial charge in [0.2, 0.25) is 5.91 Å². The number of ether oxygens (including phenoxy) is 1. The molecule has 0 fully saturated rings. The molecule has 2 amide bonds. The minimum absolute atomic E-state index is 0.104. The fourth-order valence-electron chi connectivity index (χ4n) is 3.09. The molecule has 2 aromatic heterocycles. The molecular weight excluding hydrogens is 332 g/mol. The molecule has 0 N–H and O–H groups in total. The number of carbonyl (C=O) groups excluding carboxylic acids is 2. The molecule has 0 aliphatic rings. The number of benzene rings is 1. The second-order valence-electron chi connectivity index (χ2n) is 5.88. The number of aromatic nitrogens is 1. The Kier molecular flexibility index (Phi) is 5.02. The third-order valence-electron chi connectivity index (χ3n) is 4.30. The Bertz CT molecular complexity index is 933. The summed E-state index contributed by atoms with van der Waals surface area (Å²) in [7, 11) is 1.56. The second-order valence-corrected chi connectivity index (χ2v) is 5.88. The first-order chi connectivity index (χ1) is 12.6. The summed E-state index contributed by atoms with van der Waals surface area (Å²) >= 11 is 0. The summed E-state index contributed by atoms with van der Waals surface area (Å²) in [5.74, 6) is -0.0986. The molecule has 0 radical (unpaired) electrons. The summed E-state index contributed by atoms with van der Waals surface area (Å²) in [4.78, 5) is 30.6. The number of imide groups is 1. The van der Waals surface area contributed by atoms with Gasteiger partial charge in [0.25, 0.3) is 5.91 Å². The Morgan fingerprint density at radius 1 is 1.23 bits per heavy atom. The number of fused-ring (bicyclic) bond motifs is 1. The van der Waals surface area contributed by atoms with E-state index in [2.05, 4.69) is 4.98 Å². The number of nitrogens with zero attached hydrogens (tertiary/aromatic N) is 2. The van der Waals surface area contributed by atoms with Gasteiger partial charge in [-0.05, 0) is 36.2 Å². The Balaban J connectivity index is 2.03. The molecule has 0 saturated carbocycles. The van der Waals surface area contributed by atoms with E-state index in [0.29, 0.717) is 23.1 Å². The van der Waals surface area contributed by atoms with Crippen LogP contribution < -0.4 is 4.74 Å². The van der Waals surface area contributed by atoms with E-state index >= 15 is 0 Å². The van der Waals surface area contributed by atoms with Crippen molar-refractivity contribution >= 4 is 22.8 Å². The zero-order valence-corrected chi connectivity index (χ0v) is 14.9. The highest BCUT2D eigenvalue weighted by Gasteiger charge is 2.30. The number of furan rings is 1. The first kappa shape index (κ1) is 17.7. The monoisotopic (exact) mass is 352 g/mol. The molecule has 3 aromatic rings. The number of hydrogen-bond donors (Lipinski definition) is 0. The molecule has 0 aliphatic carbocycles. The average molecular weight is 352 g/mol. The van der Waals surface area contributed by atoms with Gasteiger partial charge < -0.3 is 9.15 Å². The van der Waals surface area contributed by atoms with Crippen molar-refractivity contribution in [3.63, 3.8) is 0 Å². The van der Waals surface area contributed by atoms with Crippen molar-refractivity contribution in [1.82, 2.24) is 9.88 Å². The minimum Gasteiger partial charge on any atom is -0.496 e. The number of pyridine rings is 1. The number of hydrogen-bond acceptors (Lipinski definition) is 5. The third-order valence-corrected chi connectivity index (χ3v) is 4.30. The van der Waals surface area contributed by atoms with Crippen LogP contribution in [0.2, 0.25) is 0 Å². The van der Waals surface area contributed by atoms with Crippen LogP contribution in [0.25, 0.3) is 11.0 Å². The third kappa shape index (κ3) is 3.18. The molecule has 134 valence electrons. The van der Waals surface area contributed by atoms with Crippen LogP contribution in [0.5, 0.6) is 5.75 Å². The molecular formula is C20H20N2O4. The SMILES string of the molecule is CCC(c1ccncc1)N(C(C)=O)C(=O)c1cc2c(OC)cccc2o1. The number of amides is 2. The lowest BCUT2D eigenvalue weighted by molar-refractivity contribution is -0.128. The highest BCUT2D eigenvalue weighted by molar-refractivity contribution is 6.05. The van der Waals surface area contributed by atoms with Crippen molar-refractivity contribution in [2.45, 2.75) is 26.3 Å². The zero-order valence-electron chi connectivity index (χ0n) is 14.9. The standard InChI is InChI=1S/C20H20N2O4/c1-4-16(14-8-10-21-11-9-14)22(13(2)23)20(24)19-12-15-17(25-3)6-5-7-18(15)26-19/h5-12,16H,4H2,1-3H3. The first-order valence-electron chi connectivity index (χ1n) is 8.37. The maximum absolute atomic E-state index is 13.1. The van der Waals surface area contributed by atoms with Gasteiger partial charge in [0.05, 0.1) is 18.5 Å². The predicted molar refractivity (Wildman–Crippen MR) is 96.9 cm³/mol. The van der Waals surface area contributed by atoms with Crippen LogP contribution in [-0.2, 0) is 4.79 Å². The Morgan fingerprint density at radius 3 is 2.58 bits per heavy atom. The van der Waals surface area contributed by atoms with Crippen LogP contribution in [0.3, 0.4) is 0 Å². The number of methoxy groups -OCH3 is 1. The highest BCUT2D eigenvalue weighted by Crippen LogP contribution is 2.31. The fraction of sp³-hybridized carbons (Fsp3) is 0.250. The van der Waals surface area contributed by atoms with E-state index in [0.717, 1.165) is 5.56 Å². The van der Waals surface area contributed by atoms with E-state index in [4.69, 9.17) is 9.15 Å². The molecule has 1 unspecified atom stereocenters. The van der Waals surface area contributed by atoms with Gasteiger partial charge in [-0.1, -0.05) is 13.0 Å². The van der Waals surface area contributed by atoms with Gasteiger partial charge in [-0.3, -0.25) is 19.5 Å². The van der Waals surface area contributed by atoms with Gasteiger partial charge >= 0.3 is 0 Å². The van der Waals surface area contributed by atoms with Gasteiger partial charge in [-0.2, -0.15) is 0 Å². The topological polar surface area (TPSA) is 72.6 Å². The van der Waals surface area contributed by atoms with E-state index in [9.17, 15) is 9.59 Å². The molecule has 6 heteroatoms. The van der Waals surface area contributed by atoms with E-state index < -0.39 is 11.9 Å². The molecule has 3 rings (SSSR count). The molecule has 0 bridgehead atoms. The van der Waals surface area contributed by atoms with Crippen molar-refractivity contribution < 1.29 is 18.7 Å². The van der Waals surface area contributed by atoms with E-state index in [1.54, 1.807) is 55.9 Å². The van der Waals surface area contributed by atoms with Crippen LogP contribution in [0, 0.1) is 0 Å². The van der Waals surface area contributed by atoms with Crippen molar-refractivity contribution in [3.8, 4) is 5.75 Å². The molecule has 6 nitrogen and oxygen atoms in total. The van der Waals surface area contributed by atoms with Gasteiger partial charge in [-0.25, -0.2) is 0 Å². The molecule has 0 spiro atoms. The van der Waals surface area contributed by atoms with Crippen LogP contribution in [0.1, 0.15) is 42.4 Å². The molecule has 1 atom stereocenters. The van der Waals surface area contributed by atoms with Crippen LogP contribution in [-0.4, -0.2) is 28.8 Å². The molecule has 0 aliphatic heterocycles. The van der Waals surface area contributed by atoms with Crippen LogP contribution in [0.15, 0.2) is 53.2 Å². The zero-order chi connectivity index (χ0) is 18.7. The van der Waals surface area contributed by atoms with Gasteiger partial charge in [-0.15, -0.1) is 0 Å². The lowest BCUT2D eigenvalue weighted by atomic mass is 10.0. The summed E-state index contributed by atoms with van der Waals surface area (Å²) in [6.45, 7) is 3.31. The summed E-state index contributed by atoms with van der Waals surface area (Å²) in [6.07, 6.45) is 3.87. The maximum Gasteiger partial charge on any atom is 0.296 e. The Morgan fingerprint density at radius 2 is 1.96 bits per heavy atom. The highest BCUT2D eigenvalue weighted by atomic mass is 16.5. The normalized spacial score (nSPS) is 12.0. The number of rotatable bonds is 5. The van der Waals surface area contributed by atoms with E-state index in [1.807, 2.05) is 6.92 Å². The summed E-state index contributed by atoms with van der Waals surface area (Å²) < 4.78 is 11.0. The van der Waals surface area contributed by atoms with Crippen molar-refractivity contribution in [2.24, 2.45) is 0 Å². The lowest BCUT2D eigenvalue weighted by Crippen LogP contribution is -2.38. The van der Waals surface area contributed by atoms with Crippen LogP contribution >= 0.6 is 0 Å². The summed E-state index contributed by atoms with van der Waals surface area (Å²) in [5.41, 5.74) is 1.38. The fourth-order valence-corrected chi connectivity index (χ4v) is 3.09. The smallest absolute Gasteiger partial charge is 0.296 e. The lowest BCUT2D eigenvalue weighted by Gasteiger charge is -2.28. The second kappa shape index (κ2) is 7.39. The maximum atomic E-state index is 13.1. The first-order valence-corrected chi connectivity index (χ1v) is 8.37. The molecule has 0 saturated heterocycles. The number of carbonyl (C=O) groups is 2. The van der Waals surface area contributed by atoms with Crippen molar-refractivity contribution in [2.75, 3.05) is 7.11 Å². The van der Waals surface area contributed by atoms with Crippen molar-refractivity contribution in [3.05, 3.63) is 60.1 Å². The van der Waals surface area contributed by atoms with Crippen LogP contribution in [0.4, 0.5) is 0 Å². The quantitative estimate of drug-likeness (QED) is 0.694. The summed E-state index contributed by atoms with van der Waals surface area (Å²) in [6, 6.07) is 10.2. The van der Waals surface area contributed by atoms with Crippen molar-refractivity contribution in [1.29, 1.82) is 0 Å². The van der Waals surface area contributed by atoms with Gasteiger partial charge in [0.15, 0.2) is 5.76 Å². The van der Waals surface area contributed by atoms with E-state index in [-0.39, 0.29) is 11.7 Å².